The zero-order chi connectivity index (χ0) is 16.3. The highest BCUT2D eigenvalue weighted by Gasteiger charge is 2.28. The number of likely N-dealkylation sites (tertiary alicyclic amines) is 1. The van der Waals surface area contributed by atoms with Crippen molar-refractivity contribution < 1.29 is 9.53 Å². The molecule has 1 atom stereocenters. The number of ether oxygens (including phenoxy) is 1. The second-order valence-corrected chi connectivity index (χ2v) is 6.86. The SMILES string of the molecule is Cc1cnc(C)c(NC2CCCN(C(=O)OC(C)(C)C)C2)n1. The molecular formula is C16H26N4O2. The van der Waals surface area contributed by atoms with Gasteiger partial charge in [0.1, 0.15) is 11.4 Å². The van der Waals surface area contributed by atoms with Crippen LogP contribution in [0.15, 0.2) is 6.20 Å². The Balaban J connectivity index is 1.98. The molecule has 1 unspecified atom stereocenters. The van der Waals surface area contributed by atoms with Crippen molar-refractivity contribution in [2.75, 3.05) is 18.4 Å². The molecule has 1 amide bonds. The molecule has 0 radical (unpaired) electrons. The van der Waals surface area contributed by atoms with E-state index >= 15 is 0 Å². The van der Waals surface area contributed by atoms with Crippen molar-refractivity contribution in [1.29, 1.82) is 0 Å². The molecule has 1 saturated heterocycles. The highest BCUT2D eigenvalue weighted by Crippen LogP contribution is 2.19. The molecule has 1 aromatic rings. The fraction of sp³-hybridized carbons (Fsp3) is 0.688. The molecule has 22 heavy (non-hydrogen) atoms. The summed E-state index contributed by atoms with van der Waals surface area (Å²) in [5.74, 6) is 0.802. The largest absolute Gasteiger partial charge is 0.444 e. The van der Waals surface area contributed by atoms with E-state index in [9.17, 15) is 4.79 Å². The Hall–Kier alpha value is -1.85. The van der Waals surface area contributed by atoms with Crippen LogP contribution < -0.4 is 5.32 Å². The maximum Gasteiger partial charge on any atom is 0.410 e. The van der Waals surface area contributed by atoms with E-state index in [-0.39, 0.29) is 12.1 Å². The summed E-state index contributed by atoms with van der Waals surface area (Å²) in [6.07, 6.45) is 3.48. The molecule has 0 saturated carbocycles. The van der Waals surface area contributed by atoms with Gasteiger partial charge in [0, 0.05) is 25.3 Å². The number of carbonyl (C=O) groups is 1. The fourth-order valence-corrected chi connectivity index (χ4v) is 2.45. The van der Waals surface area contributed by atoms with Gasteiger partial charge in [-0.3, -0.25) is 4.98 Å². The number of rotatable bonds is 2. The van der Waals surface area contributed by atoms with Crippen LogP contribution in [-0.4, -0.2) is 45.7 Å². The van der Waals surface area contributed by atoms with Crippen molar-refractivity contribution in [1.82, 2.24) is 14.9 Å². The van der Waals surface area contributed by atoms with Crippen molar-refractivity contribution >= 4 is 11.9 Å². The van der Waals surface area contributed by atoms with Crippen LogP contribution in [0.3, 0.4) is 0 Å². The average Bonchev–Trinajstić information content (AvgIpc) is 2.41. The first-order valence-electron chi connectivity index (χ1n) is 7.79. The molecule has 1 aliphatic heterocycles. The van der Waals surface area contributed by atoms with Crippen molar-refractivity contribution in [3.8, 4) is 0 Å². The predicted molar refractivity (Wildman–Crippen MR) is 86.0 cm³/mol. The minimum atomic E-state index is -0.462. The average molecular weight is 306 g/mol. The van der Waals surface area contributed by atoms with Crippen molar-refractivity contribution in [2.24, 2.45) is 0 Å². The van der Waals surface area contributed by atoms with Crippen LogP contribution >= 0.6 is 0 Å². The zero-order valence-electron chi connectivity index (χ0n) is 14.1. The number of piperidine rings is 1. The fourth-order valence-electron chi connectivity index (χ4n) is 2.45. The van der Waals surface area contributed by atoms with Crippen LogP contribution in [0.25, 0.3) is 0 Å². The first kappa shape index (κ1) is 16.5. The van der Waals surface area contributed by atoms with Crippen molar-refractivity contribution in [2.45, 2.75) is 59.1 Å². The number of aromatic nitrogens is 2. The number of nitrogens with one attached hydrogen (secondary N) is 1. The molecule has 1 fully saturated rings. The van der Waals surface area contributed by atoms with Crippen molar-refractivity contribution in [3.63, 3.8) is 0 Å². The van der Waals surface area contributed by atoms with Crippen LogP contribution in [-0.2, 0) is 4.74 Å². The molecule has 0 spiro atoms. The Bertz CT molecular complexity index is 539. The molecule has 0 aliphatic carbocycles. The van der Waals surface area contributed by atoms with Gasteiger partial charge in [-0.1, -0.05) is 0 Å². The lowest BCUT2D eigenvalue weighted by molar-refractivity contribution is 0.0206. The minimum Gasteiger partial charge on any atom is -0.444 e. The number of carbonyl (C=O) groups excluding carboxylic acids is 1. The van der Waals surface area contributed by atoms with Gasteiger partial charge in [-0.25, -0.2) is 9.78 Å². The van der Waals surface area contributed by atoms with Crippen LogP contribution in [0.4, 0.5) is 10.6 Å². The Morgan fingerprint density at radius 2 is 2.14 bits per heavy atom. The summed E-state index contributed by atoms with van der Waals surface area (Å²) in [4.78, 5) is 22.8. The minimum absolute atomic E-state index is 0.177. The number of aryl methyl sites for hydroxylation is 2. The molecule has 0 aromatic carbocycles. The van der Waals surface area contributed by atoms with E-state index in [0.717, 1.165) is 36.6 Å². The Kier molecular flexibility index (Phi) is 4.88. The predicted octanol–water partition coefficient (Wildman–Crippen LogP) is 2.90. The number of anilines is 1. The van der Waals surface area contributed by atoms with E-state index in [1.165, 1.54) is 0 Å². The van der Waals surface area contributed by atoms with Gasteiger partial charge in [0.15, 0.2) is 0 Å². The normalized spacial score (nSPS) is 19.0. The zero-order valence-corrected chi connectivity index (χ0v) is 14.1. The monoisotopic (exact) mass is 306 g/mol. The summed E-state index contributed by atoms with van der Waals surface area (Å²) in [6, 6.07) is 0.177. The van der Waals surface area contributed by atoms with E-state index < -0.39 is 5.60 Å². The number of nitrogens with zero attached hydrogens (tertiary/aromatic N) is 3. The highest BCUT2D eigenvalue weighted by molar-refractivity contribution is 5.68. The summed E-state index contributed by atoms with van der Waals surface area (Å²) in [7, 11) is 0. The van der Waals surface area contributed by atoms with Crippen molar-refractivity contribution in [3.05, 3.63) is 17.6 Å². The topological polar surface area (TPSA) is 67.4 Å². The lowest BCUT2D eigenvalue weighted by atomic mass is 10.1. The molecule has 6 heteroatoms. The second kappa shape index (κ2) is 6.50. The maximum absolute atomic E-state index is 12.2. The van der Waals surface area contributed by atoms with Gasteiger partial charge in [-0.2, -0.15) is 0 Å². The van der Waals surface area contributed by atoms with Gasteiger partial charge >= 0.3 is 6.09 Å². The molecule has 122 valence electrons. The third-order valence-electron chi connectivity index (χ3n) is 3.49. The number of hydrogen-bond acceptors (Lipinski definition) is 5. The molecule has 2 heterocycles. The second-order valence-electron chi connectivity index (χ2n) is 6.86. The molecule has 1 N–H and O–H groups in total. The molecule has 2 rings (SSSR count). The first-order chi connectivity index (χ1) is 10.2. The Morgan fingerprint density at radius 3 is 2.82 bits per heavy atom. The molecule has 0 bridgehead atoms. The lowest BCUT2D eigenvalue weighted by Gasteiger charge is -2.34. The van der Waals surface area contributed by atoms with Crippen LogP contribution in [0.2, 0.25) is 0 Å². The Morgan fingerprint density at radius 1 is 1.41 bits per heavy atom. The van der Waals surface area contributed by atoms with E-state index in [4.69, 9.17) is 4.74 Å². The summed E-state index contributed by atoms with van der Waals surface area (Å²) in [5, 5.41) is 3.41. The van der Waals surface area contributed by atoms with E-state index in [1.807, 2.05) is 34.6 Å². The van der Waals surface area contributed by atoms with Crippen LogP contribution in [0, 0.1) is 13.8 Å². The van der Waals surface area contributed by atoms with Crippen LogP contribution in [0.1, 0.15) is 45.0 Å². The van der Waals surface area contributed by atoms with Gasteiger partial charge < -0.3 is 15.0 Å². The number of amides is 1. The summed E-state index contributed by atoms with van der Waals surface area (Å²) >= 11 is 0. The third kappa shape index (κ3) is 4.58. The third-order valence-corrected chi connectivity index (χ3v) is 3.49. The van der Waals surface area contributed by atoms with E-state index in [2.05, 4.69) is 15.3 Å². The van der Waals surface area contributed by atoms with Gasteiger partial charge in [0.05, 0.1) is 11.4 Å². The van der Waals surface area contributed by atoms with Crippen LogP contribution in [0.5, 0.6) is 0 Å². The summed E-state index contributed by atoms with van der Waals surface area (Å²) in [6.45, 7) is 10.9. The quantitative estimate of drug-likeness (QED) is 0.910. The Labute approximate surface area is 132 Å². The van der Waals surface area contributed by atoms with Gasteiger partial charge in [0.25, 0.3) is 0 Å². The van der Waals surface area contributed by atoms with Gasteiger partial charge in [0.2, 0.25) is 0 Å². The molecule has 6 nitrogen and oxygen atoms in total. The summed E-state index contributed by atoms with van der Waals surface area (Å²) in [5.41, 5.74) is 1.30. The molecule has 1 aromatic heterocycles. The lowest BCUT2D eigenvalue weighted by Crippen LogP contribution is -2.47. The van der Waals surface area contributed by atoms with E-state index in [1.54, 1.807) is 11.1 Å². The first-order valence-corrected chi connectivity index (χ1v) is 7.79. The number of hydrogen-bond donors (Lipinski definition) is 1. The standard InChI is InChI=1S/C16H26N4O2/c1-11-9-17-12(2)14(18-11)19-13-7-6-8-20(10-13)15(21)22-16(3,4)5/h9,13H,6-8,10H2,1-5H3,(H,18,19). The van der Waals surface area contributed by atoms with Gasteiger partial charge in [-0.15, -0.1) is 0 Å². The summed E-state index contributed by atoms with van der Waals surface area (Å²) < 4.78 is 5.45. The highest BCUT2D eigenvalue weighted by atomic mass is 16.6. The molecule has 1 aliphatic rings. The maximum atomic E-state index is 12.2. The molecular weight excluding hydrogens is 280 g/mol. The smallest absolute Gasteiger partial charge is 0.410 e. The van der Waals surface area contributed by atoms with E-state index in [0.29, 0.717) is 6.54 Å². The van der Waals surface area contributed by atoms with Gasteiger partial charge in [-0.05, 0) is 47.5 Å².